The van der Waals surface area contributed by atoms with Gasteiger partial charge in [-0.2, -0.15) is 0 Å². The quantitative estimate of drug-likeness (QED) is 0.592. The molecule has 60 valence electrons. The number of aliphatic hydroxyl groups is 1. The van der Waals surface area contributed by atoms with Gasteiger partial charge in [0.2, 0.25) is 0 Å². The molecule has 0 amide bonds. The van der Waals surface area contributed by atoms with Crippen LogP contribution in [-0.2, 0) is 9.53 Å². The molecule has 3 nitrogen and oxygen atoms in total. The molecule has 0 bridgehead atoms. The van der Waals surface area contributed by atoms with E-state index in [4.69, 9.17) is 5.11 Å². The number of rotatable bonds is 3. The summed E-state index contributed by atoms with van der Waals surface area (Å²) in [6.45, 7) is 5.57. The lowest BCUT2D eigenvalue weighted by Gasteiger charge is -2.11. The van der Waals surface area contributed by atoms with E-state index in [-0.39, 0.29) is 5.92 Å². The maximum atomic E-state index is 10.7. The van der Waals surface area contributed by atoms with Gasteiger partial charge in [-0.1, -0.05) is 13.8 Å². The summed E-state index contributed by atoms with van der Waals surface area (Å²) in [5.41, 5.74) is 0. The van der Waals surface area contributed by atoms with E-state index in [0.29, 0.717) is 6.61 Å². The van der Waals surface area contributed by atoms with Gasteiger partial charge in [-0.3, -0.25) is 0 Å². The van der Waals surface area contributed by atoms with Gasteiger partial charge in [0, 0.05) is 0 Å². The van der Waals surface area contributed by atoms with Crippen LogP contribution in [0.2, 0.25) is 0 Å². The summed E-state index contributed by atoms with van der Waals surface area (Å²) >= 11 is 0. The van der Waals surface area contributed by atoms with Crippen molar-refractivity contribution in [3.05, 3.63) is 0 Å². The third kappa shape index (κ3) is 2.82. The molecule has 0 fully saturated rings. The van der Waals surface area contributed by atoms with Gasteiger partial charge in [-0.25, -0.2) is 4.79 Å². The van der Waals surface area contributed by atoms with Crippen LogP contribution in [0.4, 0.5) is 0 Å². The van der Waals surface area contributed by atoms with Crippen molar-refractivity contribution >= 4 is 5.97 Å². The molecule has 0 rings (SSSR count). The molecule has 0 aromatic carbocycles. The Morgan fingerprint density at radius 3 is 2.40 bits per heavy atom. The number of hydrogen-bond acceptors (Lipinski definition) is 3. The van der Waals surface area contributed by atoms with Crippen molar-refractivity contribution < 1.29 is 14.6 Å². The molecule has 0 aromatic rings. The van der Waals surface area contributed by atoms with Crippen molar-refractivity contribution in [1.82, 2.24) is 0 Å². The second kappa shape index (κ2) is 4.28. The monoisotopic (exact) mass is 146 g/mol. The fourth-order valence-corrected chi connectivity index (χ4v) is 0.500. The molecule has 0 aromatic heterocycles. The molecule has 0 aliphatic carbocycles. The molecule has 1 N–H and O–H groups in total. The molecule has 0 unspecified atom stereocenters. The molecule has 0 aliphatic heterocycles. The van der Waals surface area contributed by atoms with E-state index in [1.807, 2.05) is 0 Å². The molecule has 0 spiro atoms. The summed E-state index contributed by atoms with van der Waals surface area (Å²) in [6.07, 6.45) is -0.972. The van der Waals surface area contributed by atoms with Crippen molar-refractivity contribution in [1.29, 1.82) is 0 Å². The molecular formula is C7H14O3. The smallest absolute Gasteiger partial charge is 0.335 e. The first-order valence-corrected chi connectivity index (χ1v) is 3.44. The van der Waals surface area contributed by atoms with Crippen molar-refractivity contribution in [2.45, 2.75) is 26.9 Å². The zero-order chi connectivity index (χ0) is 8.15. The number of aliphatic hydroxyl groups excluding tert-OH is 1. The molecule has 0 aliphatic rings. The molecule has 0 saturated heterocycles. The van der Waals surface area contributed by atoms with Crippen LogP contribution in [0.25, 0.3) is 0 Å². The van der Waals surface area contributed by atoms with Gasteiger partial charge in [-0.05, 0) is 12.8 Å². The van der Waals surface area contributed by atoms with Crippen LogP contribution >= 0.6 is 0 Å². The van der Waals surface area contributed by atoms with Crippen LogP contribution in [0.5, 0.6) is 0 Å². The summed E-state index contributed by atoms with van der Waals surface area (Å²) in [7, 11) is 0. The Balaban J connectivity index is 3.71. The Morgan fingerprint density at radius 2 is 2.10 bits per heavy atom. The Kier molecular flexibility index (Phi) is 4.03. The van der Waals surface area contributed by atoms with Gasteiger partial charge in [0.25, 0.3) is 0 Å². The summed E-state index contributed by atoms with van der Waals surface area (Å²) in [4.78, 5) is 10.7. The van der Waals surface area contributed by atoms with Crippen LogP contribution in [0.3, 0.4) is 0 Å². The summed E-state index contributed by atoms with van der Waals surface area (Å²) in [5, 5.41) is 9.05. The third-order valence-electron chi connectivity index (χ3n) is 1.16. The van der Waals surface area contributed by atoms with E-state index < -0.39 is 12.1 Å². The van der Waals surface area contributed by atoms with E-state index in [9.17, 15) is 4.79 Å². The Bertz CT molecular complexity index is 109. The summed E-state index contributed by atoms with van der Waals surface area (Å²) < 4.78 is 4.58. The molecule has 0 heterocycles. The predicted molar refractivity (Wildman–Crippen MR) is 37.5 cm³/mol. The molecule has 1 atom stereocenters. The fraction of sp³-hybridized carbons (Fsp3) is 0.857. The largest absolute Gasteiger partial charge is 0.464 e. The van der Waals surface area contributed by atoms with Gasteiger partial charge >= 0.3 is 5.97 Å². The normalized spacial score (nSPS) is 13.3. The highest BCUT2D eigenvalue weighted by atomic mass is 16.5. The number of carbonyl (C=O) groups excluding carboxylic acids is 1. The average molecular weight is 146 g/mol. The zero-order valence-electron chi connectivity index (χ0n) is 6.63. The van der Waals surface area contributed by atoms with Gasteiger partial charge < -0.3 is 9.84 Å². The van der Waals surface area contributed by atoms with Crippen molar-refractivity contribution in [3.8, 4) is 0 Å². The van der Waals surface area contributed by atoms with E-state index in [1.54, 1.807) is 20.8 Å². The van der Waals surface area contributed by atoms with Crippen LogP contribution in [0, 0.1) is 5.92 Å². The average Bonchev–Trinajstić information content (AvgIpc) is 1.87. The van der Waals surface area contributed by atoms with Crippen LogP contribution in [-0.4, -0.2) is 23.8 Å². The first kappa shape index (κ1) is 9.43. The lowest BCUT2D eigenvalue weighted by atomic mass is 10.1. The van der Waals surface area contributed by atoms with E-state index in [1.165, 1.54) is 0 Å². The highest BCUT2D eigenvalue weighted by Crippen LogP contribution is 2.02. The predicted octanol–water partition coefficient (Wildman–Crippen LogP) is 0.566. The SMILES string of the molecule is CCOC(=O)[C@@H](O)C(C)C. The maximum absolute atomic E-state index is 10.7. The Hall–Kier alpha value is -0.570. The zero-order valence-corrected chi connectivity index (χ0v) is 6.63. The van der Waals surface area contributed by atoms with Crippen LogP contribution in [0.15, 0.2) is 0 Å². The first-order chi connectivity index (χ1) is 4.59. The molecule has 3 heteroatoms. The number of esters is 1. The van der Waals surface area contributed by atoms with Crippen LogP contribution < -0.4 is 0 Å². The molecule has 10 heavy (non-hydrogen) atoms. The standard InChI is InChI=1S/C7H14O3/c1-4-10-7(9)6(8)5(2)3/h5-6,8H,4H2,1-3H3/t6-/m0/s1. The highest BCUT2D eigenvalue weighted by Gasteiger charge is 2.19. The fourth-order valence-electron chi connectivity index (χ4n) is 0.500. The number of carbonyl (C=O) groups is 1. The molecule has 0 radical (unpaired) electrons. The van der Waals surface area contributed by atoms with Gasteiger partial charge in [0.1, 0.15) is 0 Å². The van der Waals surface area contributed by atoms with Crippen molar-refractivity contribution in [2.24, 2.45) is 5.92 Å². The minimum absolute atomic E-state index is 0.0703. The minimum Gasteiger partial charge on any atom is -0.464 e. The number of ether oxygens (including phenoxy) is 1. The van der Waals surface area contributed by atoms with Gasteiger partial charge in [0.15, 0.2) is 6.10 Å². The second-order valence-electron chi connectivity index (χ2n) is 2.44. The molecular weight excluding hydrogens is 132 g/mol. The topological polar surface area (TPSA) is 46.5 Å². The van der Waals surface area contributed by atoms with Crippen molar-refractivity contribution in [2.75, 3.05) is 6.61 Å². The second-order valence-corrected chi connectivity index (χ2v) is 2.44. The summed E-state index contributed by atoms with van der Waals surface area (Å²) in [6, 6.07) is 0. The Morgan fingerprint density at radius 1 is 1.60 bits per heavy atom. The van der Waals surface area contributed by atoms with Crippen LogP contribution in [0.1, 0.15) is 20.8 Å². The summed E-state index contributed by atoms with van der Waals surface area (Å²) in [5.74, 6) is -0.600. The highest BCUT2D eigenvalue weighted by molar-refractivity contribution is 5.74. The van der Waals surface area contributed by atoms with E-state index in [0.717, 1.165) is 0 Å². The maximum Gasteiger partial charge on any atom is 0.335 e. The lowest BCUT2D eigenvalue weighted by Crippen LogP contribution is -2.27. The van der Waals surface area contributed by atoms with Gasteiger partial charge in [-0.15, -0.1) is 0 Å². The first-order valence-electron chi connectivity index (χ1n) is 3.44. The number of hydrogen-bond donors (Lipinski definition) is 1. The van der Waals surface area contributed by atoms with E-state index in [2.05, 4.69) is 4.74 Å². The van der Waals surface area contributed by atoms with Gasteiger partial charge in [0.05, 0.1) is 6.61 Å². The lowest BCUT2D eigenvalue weighted by molar-refractivity contribution is -0.155. The third-order valence-corrected chi connectivity index (χ3v) is 1.16. The van der Waals surface area contributed by atoms with Crippen molar-refractivity contribution in [3.63, 3.8) is 0 Å². The minimum atomic E-state index is -0.972. The Labute approximate surface area is 61.0 Å². The van der Waals surface area contributed by atoms with E-state index >= 15 is 0 Å². The molecule has 0 saturated carbocycles.